The van der Waals surface area contributed by atoms with Crippen LogP contribution in [0, 0.1) is 6.92 Å². The molecule has 1 amide bonds. The van der Waals surface area contributed by atoms with Crippen LogP contribution in [0.15, 0.2) is 5.38 Å². The summed E-state index contributed by atoms with van der Waals surface area (Å²) in [5.41, 5.74) is 6.31. The third-order valence-corrected chi connectivity index (χ3v) is 4.08. The lowest BCUT2D eigenvalue weighted by molar-refractivity contribution is -0.126. The number of nitrogens with two attached hydrogens (primary N) is 1. The van der Waals surface area contributed by atoms with Gasteiger partial charge in [0.1, 0.15) is 0 Å². The number of aryl methyl sites for hydroxylation is 2. The number of nitrogens with one attached hydrogen (secondary N) is 1. The van der Waals surface area contributed by atoms with E-state index in [1.807, 2.05) is 13.8 Å². The smallest absolute Gasteiger partial charge is 0.239 e. The molecule has 0 bridgehead atoms. The monoisotopic (exact) mass is 283 g/mol. The van der Waals surface area contributed by atoms with Gasteiger partial charge >= 0.3 is 0 Å². The normalized spacial score (nSPS) is 14.1. The zero-order valence-electron chi connectivity index (χ0n) is 12.2. The molecule has 108 valence electrons. The number of carbonyl (C=O) groups excluding carboxylic acids is 1. The third-order valence-electron chi connectivity index (χ3n) is 3.06. The van der Waals surface area contributed by atoms with E-state index in [1.165, 1.54) is 5.01 Å². The summed E-state index contributed by atoms with van der Waals surface area (Å²) in [5, 5.41) is 6.17. The summed E-state index contributed by atoms with van der Waals surface area (Å²) in [6, 6.07) is 0. The number of thiazole rings is 1. The molecule has 0 aliphatic carbocycles. The highest BCUT2D eigenvalue weighted by Gasteiger charge is 2.26. The highest BCUT2D eigenvalue weighted by molar-refractivity contribution is 7.09. The predicted molar refractivity (Wildman–Crippen MR) is 80.3 cm³/mol. The Morgan fingerprint density at radius 2 is 2.26 bits per heavy atom. The van der Waals surface area contributed by atoms with Gasteiger partial charge in [-0.2, -0.15) is 0 Å². The van der Waals surface area contributed by atoms with Gasteiger partial charge in [-0.3, -0.25) is 4.79 Å². The highest BCUT2D eigenvalue weighted by atomic mass is 32.1. The van der Waals surface area contributed by atoms with Crippen LogP contribution in [-0.4, -0.2) is 23.0 Å². The van der Waals surface area contributed by atoms with Gasteiger partial charge in [-0.25, -0.2) is 4.98 Å². The predicted octanol–water partition coefficient (Wildman–Crippen LogP) is 2.41. The molecule has 1 atom stereocenters. The van der Waals surface area contributed by atoms with Crippen molar-refractivity contribution in [3.63, 3.8) is 0 Å². The van der Waals surface area contributed by atoms with Gasteiger partial charge in [0.2, 0.25) is 5.91 Å². The summed E-state index contributed by atoms with van der Waals surface area (Å²) >= 11 is 1.71. The third kappa shape index (κ3) is 5.70. The minimum atomic E-state index is -0.735. The maximum Gasteiger partial charge on any atom is 0.239 e. The van der Waals surface area contributed by atoms with Crippen LogP contribution in [0.4, 0.5) is 0 Å². The summed E-state index contributed by atoms with van der Waals surface area (Å²) in [7, 11) is 0. The number of nitrogens with zero attached hydrogens (tertiary/aromatic N) is 1. The maximum absolute atomic E-state index is 11.8. The standard InChI is InChI=1S/C14H25N3OS/c1-4-8-14(3,15)13(18)16-9-6-5-7-12-17-11(2)10-19-12/h10H,4-9,15H2,1-3H3,(H,16,18). The van der Waals surface area contributed by atoms with E-state index in [0.29, 0.717) is 6.54 Å². The van der Waals surface area contributed by atoms with Crippen LogP contribution in [0.1, 0.15) is 50.2 Å². The van der Waals surface area contributed by atoms with Crippen molar-refractivity contribution in [2.75, 3.05) is 6.54 Å². The molecule has 0 saturated carbocycles. The average Bonchev–Trinajstić information content (AvgIpc) is 2.74. The number of amides is 1. The van der Waals surface area contributed by atoms with Crippen molar-refractivity contribution in [3.8, 4) is 0 Å². The van der Waals surface area contributed by atoms with Crippen molar-refractivity contribution >= 4 is 17.2 Å². The van der Waals surface area contributed by atoms with E-state index in [-0.39, 0.29) is 5.91 Å². The molecule has 1 rings (SSSR count). The molecule has 5 heteroatoms. The summed E-state index contributed by atoms with van der Waals surface area (Å²) in [6.07, 6.45) is 4.64. The van der Waals surface area contributed by atoms with Gasteiger partial charge in [0.25, 0.3) is 0 Å². The van der Waals surface area contributed by atoms with E-state index in [2.05, 4.69) is 15.7 Å². The van der Waals surface area contributed by atoms with E-state index in [4.69, 9.17) is 5.73 Å². The Labute approximate surface area is 119 Å². The Bertz CT molecular complexity index is 401. The first kappa shape index (κ1) is 16.1. The van der Waals surface area contributed by atoms with Gasteiger partial charge in [0.15, 0.2) is 0 Å². The molecule has 3 N–H and O–H groups in total. The molecule has 4 nitrogen and oxygen atoms in total. The van der Waals surface area contributed by atoms with Crippen LogP contribution in [0.3, 0.4) is 0 Å². The number of carbonyl (C=O) groups is 1. The molecule has 1 aromatic heterocycles. The second kappa shape index (κ2) is 7.60. The zero-order chi connectivity index (χ0) is 14.3. The van der Waals surface area contributed by atoms with Gasteiger partial charge in [-0.05, 0) is 39.5 Å². The molecule has 0 spiro atoms. The van der Waals surface area contributed by atoms with Crippen LogP contribution in [-0.2, 0) is 11.2 Å². The lowest BCUT2D eigenvalue weighted by Gasteiger charge is -2.22. The fourth-order valence-electron chi connectivity index (χ4n) is 1.96. The summed E-state index contributed by atoms with van der Waals surface area (Å²) in [6.45, 7) is 6.54. The van der Waals surface area contributed by atoms with Gasteiger partial charge in [0.05, 0.1) is 10.5 Å². The first-order valence-corrected chi connectivity index (χ1v) is 7.82. The van der Waals surface area contributed by atoms with Gasteiger partial charge in [-0.15, -0.1) is 11.3 Å². The second-order valence-corrected chi connectivity index (χ2v) is 6.21. The van der Waals surface area contributed by atoms with Crippen molar-refractivity contribution in [2.24, 2.45) is 5.73 Å². The molecular weight excluding hydrogens is 258 g/mol. The lowest BCUT2D eigenvalue weighted by Crippen LogP contribution is -2.51. The van der Waals surface area contributed by atoms with Crippen molar-refractivity contribution in [1.29, 1.82) is 0 Å². The molecule has 0 fully saturated rings. The first-order valence-electron chi connectivity index (χ1n) is 6.94. The Kier molecular flexibility index (Phi) is 6.45. The Hall–Kier alpha value is -0.940. The van der Waals surface area contributed by atoms with Crippen LogP contribution in [0.2, 0.25) is 0 Å². The van der Waals surface area contributed by atoms with E-state index >= 15 is 0 Å². The van der Waals surface area contributed by atoms with Crippen molar-refractivity contribution < 1.29 is 4.79 Å². The fraction of sp³-hybridized carbons (Fsp3) is 0.714. The number of hydrogen-bond donors (Lipinski definition) is 2. The number of hydrogen-bond acceptors (Lipinski definition) is 4. The topological polar surface area (TPSA) is 68.0 Å². The zero-order valence-corrected chi connectivity index (χ0v) is 13.0. The highest BCUT2D eigenvalue weighted by Crippen LogP contribution is 2.12. The molecule has 1 unspecified atom stereocenters. The van der Waals surface area contributed by atoms with Gasteiger partial charge in [-0.1, -0.05) is 13.3 Å². The molecule has 1 heterocycles. The quantitative estimate of drug-likeness (QED) is 0.720. The Balaban J connectivity index is 2.15. The van der Waals surface area contributed by atoms with E-state index in [9.17, 15) is 4.79 Å². The van der Waals surface area contributed by atoms with Crippen LogP contribution in [0.5, 0.6) is 0 Å². The lowest BCUT2D eigenvalue weighted by atomic mass is 9.96. The SMILES string of the molecule is CCCC(C)(N)C(=O)NCCCCc1nc(C)cs1. The van der Waals surface area contributed by atoms with E-state index < -0.39 is 5.54 Å². The largest absolute Gasteiger partial charge is 0.355 e. The molecule has 0 radical (unpaired) electrons. The number of aromatic nitrogens is 1. The van der Waals surface area contributed by atoms with Gasteiger partial charge in [0, 0.05) is 17.6 Å². The van der Waals surface area contributed by atoms with E-state index in [0.717, 1.165) is 37.8 Å². The Morgan fingerprint density at radius 1 is 1.53 bits per heavy atom. The van der Waals surface area contributed by atoms with Crippen LogP contribution < -0.4 is 11.1 Å². The molecule has 1 aromatic rings. The first-order chi connectivity index (χ1) is 8.95. The molecule has 19 heavy (non-hydrogen) atoms. The number of rotatable bonds is 8. The summed E-state index contributed by atoms with van der Waals surface area (Å²) in [5.74, 6) is -0.0422. The summed E-state index contributed by atoms with van der Waals surface area (Å²) < 4.78 is 0. The number of unbranched alkanes of at least 4 members (excludes halogenated alkanes) is 1. The summed E-state index contributed by atoms with van der Waals surface area (Å²) in [4.78, 5) is 16.3. The minimum Gasteiger partial charge on any atom is -0.355 e. The molecule has 0 aliphatic rings. The molecule has 0 aliphatic heterocycles. The van der Waals surface area contributed by atoms with Gasteiger partial charge < -0.3 is 11.1 Å². The minimum absolute atomic E-state index is 0.0422. The molecule has 0 aromatic carbocycles. The fourth-order valence-corrected chi connectivity index (χ4v) is 2.77. The van der Waals surface area contributed by atoms with E-state index in [1.54, 1.807) is 18.3 Å². The van der Waals surface area contributed by atoms with Crippen molar-refractivity contribution in [2.45, 2.75) is 58.4 Å². The Morgan fingerprint density at radius 3 is 2.84 bits per heavy atom. The second-order valence-electron chi connectivity index (χ2n) is 5.26. The average molecular weight is 283 g/mol. The van der Waals surface area contributed by atoms with Crippen LogP contribution >= 0.6 is 11.3 Å². The molecular formula is C14H25N3OS. The van der Waals surface area contributed by atoms with Crippen molar-refractivity contribution in [1.82, 2.24) is 10.3 Å². The van der Waals surface area contributed by atoms with Crippen LogP contribution in [0.25, 0.3) is 0 Å². The molecule has 0 saturated heterocycles. The maximum atomic E-state index is 11.8. The van der Waals surface area contributed by atoms with Crippen molar-refractivity contribution in [3.05, 3.63) is 16.1 Å².